The summed E-state index contributed by atoms with van der Waals surface area (Å²) < 4.78 is 5.54. The number of rotatable bonds is 2. The summed E-state index contributed by atoms with van der Waals surface area (Å²) in [5.41, 5.74) is 24.6. The number of fused-ring (bicyclic) bond motifs is 19. The normalized spacial score (nSPS) is 15.8. The van der Waals surface area contributed by atoms with Gasteiger partial charge in [0.2, 0.25) is 0 Å². The molecule has 366 valence electrons. The van der Waals surface area contributed by atoms with Gasteiger partial charge in [-0.2, -0.15) is 0 Å². The van der Waals surface area contributed by atoms with Gasteiger partial charge in [0, 0.05) is 56.6 Å². The Morgan fingerprint density at radius 2 is 0.627 bits per heavy atom. The first-order valence-corrected chi connectivity index (χ1v) is 28.8. The smallest absolute Gasteiger partial charge is 0.0392 e. The summed E-state index contributed by atoms with van der Waals surface area (Å²) in [6.07, 6.45) is 0. The number of hydrogen-bond donors (Lipinski definition) is 0. The molecular formula is C73H62S2. The second-order valence-electron chi connectivity index (χ2n) is 26.0. The summed E-state index contributed by atoms with van der Waals surface area (Å²) in [6.45, 7) is 28.8. The fraction of sp³-hybridized carbons (Fsp3) is 0.233. The molecule has 2 heterocycles. The van der Waals surface area contributed by atoms with Crippen molar-refractivity contribution < 1.29 is 0 Å². The molecule has 12 aromatic rings. The summed E-state index contributed by atoms with van der Waals surface area (Å²) in [5, 5.41) is 10.8. The Balaban J connectivity index is 0.868. The van der Waals surface area contributed by atoms with Gasteiger partial charge in [0.15, 0.2) is 0 Å². The quantitative estimate of drug-likeness (QED) is 0.162. The molecule has 0 fully saturated rings. The summed E-state index contributed by atoms with van der Waals surface area (Å²) in [5.74, 6) is 0. The van der Waals surface area contributed by atoms with Gasteiger partial charge in [0.05, 0.1) is 0 Å². The van der Waals surface area contributed by atoms with Gasteiger partial charge in [-0.3, -0.25) is 0 Å². The molecule has 0 aliphatic heterocycles. The molecule has 0 nitrogen and oxygen atoms in total. The van der Waals surface area contributed by atoms with E-state index in [9.17, 15) is 0 Å². The van der Waals surface area contributed by atoms with Gasteiger partial charge in [-0.25, -0.2) is 0 Å². The molecule has 0 spiro atoms. The standard InChI is InChI=1S/C73H62S2/c1-69(2,3)55-25-17-23-45-51-31-39(27-29-63(51)74-67(45)55)47-33-61-65(43-21-15-13-19-41(43)47)53-37-57-49(35-59(53)72(61,9)10)50-36-60-54(38-58(50)71(57,7)8)66-44-22-16-14-20-42(44)48(34-62(66)73(60,11)12)40-28-30-64-52(32-40)46-24-18-26-56(68(46)75-64)70(4,5)6/h13-38H,1-12H3. The molecule has 3 aliphatic carbocycles. The molecule has 0 atom stereocenters. The van der Waals surface area contributed by atoms with Crippen molar-refractivity contribution >= 4 is 84.6 Å². The van der Waals surface area contributed by atoms with E-state index in [2.05, 4.69) is 241 Å². The Morgan fingerprint density at radius 3 is 1.03 bits per heavy atom. The van der Waals surface area contributed by atoms with Crippen LogP contribution in [-0.4, -0.2) is 0 Å². The zero-order valence-corrected chi connectivity index (χ0v) is 47.0. The van der Waals surface area contributed by atoms with Crippen molar-refractivity contribution in [3.63, 3.8) is 0 Å². The fourth-order valence-electron chi connectivity index (χ4n) is 14.5. The van der Waals surface area contributed by atoms with E-state index in [0.29, 0.717) is 0 Å². The Labute approximate surface area is 449 Å². The lowest BCUT2D eigenvalue weighted by Crippen LogP contribution is -2.17. The SMILES string of the molecule is CC(C)(C)c1cccc2c1sc1ccc(-c3cc4c(c5ccccc35)-c3cc5c(cc3C4(C)C)-c3cc4c(cc3C5(C)C)-c3c(cc(-c5ccc6sc7c(C(C)(C)C)cccc7c6c5)c5ccccc35)C4(C)C)cc12. The third kappa shape index (κ3) is 6.05. The molecule has 0 saturated heterocycles. The molecule has 0 amide bonds. The first-order valence-electron chi connectivity index (χ1n) is 27.1. The number of hydrogen-bond acceptors (Lipinski definition) is 2. The van der Waals surface area contributed by atoms with E-state index in [-0.39, 0.29) is 27.1 Å². The van der Waals surface area contributed by atoms with Crippen LogP contribution in [0.5, 0.6) is 0 Å². The zero-order chi connectivity index (χ0) is 51.6. The van der Waals surface area contributed by atoms with Crippen molar-refractivity contribution in [1.29, 1.82) is 0 Å². The molecule has 0 bridgehead atoms. The average Bonchev–Trinajstić information content (AvgIpc) is 4.13. The maximum Gasteiger partial charge on any atom is 0.0392 e. The monoisotopic (exact) mass is 1000 g/mol. The largest absolute Gasteiger partial charge is 0.135 e. The van der Waals surface area contributed by atoms with Gasteiger partial charge in [-0.05, 0) is 193 Å². The molecule has 2 heteroatoms. The summed E-state index contributed by atoms with van der Waals surface area (Å²) in [7, 11) is 0. The van der Waals surface area contributed by atoms with Crippen LogP contribution in [0.15, 0.2) is 158 Å². The first-order chi connectivity index (χ1) is 35.7. The molecule has 0 radical (unpaired) electrons. The van der Waals surface area contributed by atoms with E-state index in [1.807, 2.05) is 22.7 Å². The van der Waals surface area contributed by atoms with Crippen LogP contribution in [0.1, 0.15) is 128 Å². The van der Waals surface area contributed by atoms with E-state index in [0.717, 1.165) is 0 Å². The maximum atomic E-state index is 2.62. The van der Waals surface area contributed by atoms with Crippen molar-refractivity contribution in [2.24, 2.45) is 0 Å². The van der Waals surface area contributed by atoms with Crippen molar-refractivity contribution in [3.8, 4) is 55.6 Å². The summed E-state index contributed by atoms with van der Waals surface area (Å²) >= 11 is 3.89. The Hall–Kier alpha value is -6.84. The third-order valence-electron chi connectivity index (χ3n) is 18.5. The molecule has 0 unspecified atom stereocenters. The predicted octanol–water partition coefficient (Wildman–Crippen LogP) is 21.6. The van der Waals surface area contributed by atoms with Crippen LogP contribution in [0, 0.1) is 0 Å². The van der Waals surface area contributed by atoms with E-state index in [4.69, 9.17) is 0 Å². The Kier molecular flexibility index (Phi) is 8.96. The van der Waals surface area contributed by atoms with Crippen LogP contribution >= 0.6 is 22.7 Å². The van der Waals surface area contributed by atoms with Crippen LogP contribution in [-0.2, 0) is 27.1 Å². The molecule has 2 aromatic heterocycles. The second-order valence-corrected chi connectivity index (χ2v) is 28.1. The molecule has 75 heavy (non-hydrogen) atoms. The molecule has 0 N–H and O–H groups in total. The van der Waals surface area contributed by atoms with E-state index < -0.39 is 0 Å². The lowest BCUT2D eigenvalue weighted by molar-refractivity contribution is 0.596. The van der Waals surface area contributed by atoms with Crippen molar-refractivity contribution in [1.82, 2.24) is 0 Å². The topological polar surface area (TPSA) is 0 Å². The zero-order valence-electron chi connectivity index (χ0n) is 45.3. The minimum absolute atomic E-state index is 0.0784. The third-order valence-corrected chi connectivity index (χ3v) is 20.9. The highest BCUT2D eigenvalue weighted by molar-refractivity contribution is 7.26. The maximum absolute atomic E-state index is 2.62. The number of thiophene rings is 2. The predicted molar refractivity (Wildman–Crippen MR) is 328 cm³/mol. The van der Waals surface area contributed by atoms with Crippen molar-refractivity contribution in [2.75, 3.05) is 0 Å². The lowest BCUT2D eigenvalue weighted by atomic mass is 9.78. The van der Waals surface area contributed by atoms with Gasteiger partial charge in [0.25, 0.3) is 0 Å². The molecule has 15 rings (SSSR count). The fourth-order valence-corrected chi connectivity index (χ4v) is 17.3. The van der Waals surface area contributed by atoms with Gasteiger partial charge in [-0.1, -0.05) is 180 Å². The van der Waals surface area contributed by atoms with Gasteiger partial charge in [0.1, 0.15) is 0 Å². The minimum Gasteiger partial charge on any atom is -0.135 e. The van der Waals surface area contributed by atoms with Crippen LogP contribution in [0.4, 0.5) is 0 Å². The first kappa shape index (κ1) is 45.5. The van der Waals surface area contributed by atoms with E-state index >= 15 is 0 Å². The van der Waals surface area contributed by atoms with E-state index in [1.165, 1.54) is 162 Å². The Bertz CT molecular complexity index is 4270. The van der Waals surface area contributed by atoms with Crippen molar-refractivity contribution in [2.45, 2.75) is 110 Å². The highest BCUT2D eigenvalue weighted by Gasteiger charge is 2.46. The van der Waals surface area contributed by atoms with Gasteiger partial charge >= 0.3 is 0 Å². The van der Waals surface area contributed by atoms with E-state index in [1.54, 1.807) is 0 Å². The lowest BCUT2D eigenvalue weighted by Gasteiger charge is -2.25. The van der Waals surface area contributed by atoms with Crippen LogP contribution in [0.25, 0.3) is 118 Å². The minimum atomic E-state index is -0.207. The van der Waals surface area contributed by atoms with Gasteiger partial charge < -0.3 is 0 Å². The van der Waals surface area contributed by atoms with Gasteiger partial charge in [-0.15, -0.1) is 22.7 Å². The van der Waals surface area contributed by atoms with Crippen molar-refractivity contribution in [3.05, 3.63) is 202 Å². The summed E-state index contributed by atoms with van der Waals surface area (Å²) in [4.78, 5) is 0. The average molecular weight is 1000 g/mol. The molecule has 3 aliphatic rings. The highest BCUT2D eigenvalue weighted by Crippen LogP contribution is 2.62. The van der Waals surface area contributed by atoms with Crippen LogP contribution in [0.2, 0.25) is 0 Å². The molecule has 10 aromatic carbocycles. The second kappa shape index (κ2) is 14.8. The summed E-state index contributed by atoms with van der Waals surface area (Å²) in [6, 6.07) is 62.3. The van der Waals surface area contributed by atoms with Crippen LogP contribution in [0.3, 0.4) is 0 Å². The highest BCUT2D eigenvalue weighted by atomic mass is 32.1. The molecule has 0 saturated carbocycles. The Morgan fingerprint density at radius 1 is 0.293 bits per heavy atom. The van der Waals surface area contributed by atoms with Crippen LogP contribution < -0.4 is 0 Å². The molecular weight excluding hydrogens is 941 g/mol. The number of benzene rings is 10.